The van der Waals surface area contributed by atoms with Crippen LogP contribution >= 0.6 is 0 Å². The van der Waals surface area contributed by atoms with E-state index < -0.39 is 0 Å². The van der Waals surface area contributed by atoms with Gasteiger partial charge in [-0.3, -0.25) is 4.79 Å². The molecule has 0 radical (unpaired) electrons. The quantitative estimate of drug-likeness (QED) is 0.571. The van der Waals surface area contributed by atoms with E-state index in [1.807, 2.05) is 30.3 Å². The fraction of sp³-hybridized carbons (Fsp3) is 0.267. The Morgan fingerprint density at radius 2 is 2.18 bits per heavy atom. The van der Waals surface area contributed by atoms with Crippen LogP contribution in [0, 0.1) is 18.3 Å². The van der Waals surface area contributed by atoms with Crippen molar-refractivity contribution in [1.29, 1.82) is 0 Å². The molecule has 1 fully saturated rings. The van der Waals surface area contributed by atoms with Crippen LogP contribution in [-0.4, -0.2) is 12.6 Å². The summed E-state index contributed by atoms with van der Waals surface area (Å²) in [5, 5.41) is 0. The Morgan fingerprint density at radius 1 is 1.41 bits per heavy atom. The van der Waals surface area contributed by atoms with Gasteiger partial charge < -0.3 is 4.74 Å². The van der Waals surface area contributed by atoms with Gasteiger partial charge in [0.05, 0.1) is 5.92 Å². The maximum absolute atomic E-state index is 11.6. The van der Waals surface area contributed by atoms with E-state index in [4.69, 9.17) is 11.2 Å². The van der Waals surface area contributed by atoms with Gasteiger partial charge in [-0.1, -0.05) is 36.3 Å². The lowest BCUT2D eigenvalue weighted by Crippen LogP contribution is -2.27. The van der Waals surface area contributed by atoms with Gasteiger partial charge in [-0.2, -0.15) is 0 Å². The molecule has 1 aliphatic rings. The van der Waals surface area contributed by atoms with E-state index in [0.29, 0.717) is 19.4 Å². The van der Waals surface area contributed by atoms with Crippen LogP contribution in [0.4, 0.5) is 0 Å². The van der Waals surface area contributed by atoms with Crippen LogP contribution in [0.1, 0.15) is 12.0 Å². The van der Waals surface area contributed by atoms with E-state index in [9.17, 15) is 4.79 Å². The zero-order valence-corrected chi connectivity index (χ0v) is 9.56. The first-order valence-electron chi connectivity index (χ1n) is 5.64. The highest BCUT2D eigenvalue weighted by Crippen LogP contribution is 2.23. The highest BCUT2D eigenvalue weighted by atomic mass is 16.5. The molecule has 17 heavy (non-hydrogen) atoms. The average Bonchev–Trinajstić information content (AvgIpc) is 2.35. The van der Waals surface area contributed by atoms with E-state index >= 15 is 0 Å². The van der Waals surface area contributed by atoms with Crippen molar-refractivity contribution in [2.24, 2.45) is 5.92 Å². The van der Waals surface area contributed by atoms with Crippen molar-refractivity contribution >= 4 is 5.97 Å². The summed E-state index contributed by atoms with van der Waals surface area (Å²) < 4.78 is 5.13. The first-order valence-corrected chi connectivity index (χ1v) is 5.64. The molecular formula is C15H14O2. The largest absolute Gasteiger partial charge is 0.461 e. The molecule has 1 aliphatic heterocycles. The van der Waals surface area contributed by atoms with E-state index in [0.717, 1.165) is 11.1 Å². The molecule has 1 saturated heterocycles. The summed E-state index contributed by atoms with van der Waals surface area (Å²) in [5.74, 6) is 2.26. The van der Waals surface area contributed by atoms with Gasteiger partial charge in [0.15, 0.2) is 0 Å². The molecule has 1 unspecified atom stereocenters. The van der Waals surface area contributed by atoms with E-state index in [-0.39, 0.29) is 11.9 Å². The summed E-state index contributed by atoms with van der Waals surface area (Å²) in [5.41, 5.74) is 2.17. The predicted molar refractivity (Wildman–Crippen MR) is 66.1 cm³/mol. The van der Waals surface area contributed by atoms with Gasteiger partial charge >= 0.3 is 5.97 Å². The third kappa shape index (κ3) is 2.98. The molecule has 2 nitrogen and oxygen atoms in total. The van der Waals surface area contributed by atoms with Crippen molar-refractivity contribution in [2.45, 2.75) is 12.8 Å². The van der Waals surface area contributed by atoms with Crippen LogP contribution in [0.5, 0.6) is 0 Å². The number of benzene rings is 1. The predicted octanol–water partition coefficient (Wildman–Crippen LogP) is 2.35. The lowest BCUT2D eigenvalue weighted by Gasteiger charge is -2.23. The molecule has 1 heterocycles. The van der Waals surface area contributed by atoms with Crippen LogP contribution in [0.15, 0.2) is 42.0 Å². The Morgan fingerprint density at radius 3 is 2.88 bits per heavy atom. The minimum atomic E-state index is -0.122. The first kappa shape index (κ1) is 11.5. The summed E-state index contributed by atoms with van der Waals surface area (Å²) in [7, 11) is 0. The number of ether oxygens (including phenoxy) is 1. The number of hydrogen-bond donors (Lipinski definition) is 0. The van der Waals surface area contributed by atoms with Gasteiger partial charge in [-0.15, -0.1) is 6.42 Å². The van der Waals surface area contributed by atoms with Crippen molar-refractivity contribution in [3.63, 3.8) is 0 Å². The second-order valence-corrected chi connectivity index (χ2v) is 4.17. The topological polar surface area (TPSA) is 26.3 Å². The number of rotatable bonds is 2. The fourth-order valence-electron chi connectivity index (χ4n) is 2.01. The fourth-order valence-corrected chi connectivity index (χ4v) is 2.01. The molecule has 2 heteroatoms. The Hall–Kier alpha value is -2.01. The normalized spacial score (nSPS) is 21.9. The van der Waals surface area contributed by atoms with Crippen LogP contribution in [0.3, 0.4) is 0 Å². The summed E-state index contributed by atoms with van der Waals surface area (Å²) in [4.78, 5) is 11.6. The van der Waals surface area contributed by atoms with Gasteiger partial charge in [0.25, 0.3) is 0 Å². The lowest BCUT2D eigenvalue weighted by molar-refractivity contribution is -0.150. The molecule has 1 aromatic carbocycles. The summed E-state index contributed by atoms with van der Waals surface area (Å²) >= 11 is 0. The van der Waals surface area contributed by atoms with Gasteiger partial charge in [0.1, 0.15) is 6.61 Å². The van der Waals surface area contributed by atoms with E-state index in [1.54, 1.807) is 6.08 Å². The smallest absolute Gasteiger partial charge is 0.309 e. The molecule has 0 saturated carbocycles. The lowest BCUT2D eigenvalue weighted by atomic mass is 9.91. The van der Waals surface area contributed by atoms with Gasteiger partial charge in [-0.05, 0) is 30.1 Å². The van der Waals surface area contributed by atoms with Gasteiger partial charge in [0, 0.05) is 0 Å². The molecule has 0 amide bonds. The van der Waals surface area contributed by atoms with E-state index in [1.165, 1.54) is 0 Å². The highest BCUT2D eigenvalue weighted by molar-refractivity contribution is 5.74. The van der Waals surface area contributed by atoms with Gasteiger partial charge in [-0.25, -0.2) is 0 Å². The molecular weight excluding hydrogens is 212 g/mol. The van der Waals surface area contributed by atoms with Crippen molar-refractivity contribution in [2.75, 3.05) is 6.61 Å². The number of cyclic esters (lactones) is 1. The second-order valence-electron chi connectivity index (χ2n) is 4.17. The van der Waals surface area contributed by atoms with Gasteiger partial charge in [0.2, 0.25) is 0 Å². The molecule has 0 N–H and O–H groups in total. The molecule has 1 atom stereocenters. The maximum atomic E-state index is 11.6. The van der Waals surface area contributed by atoms with E-state index in [2.05, 4.69) is 5.92 Å². The van der Waals surface area contributed by atoms with Crippen LogP contribution in [0.2, 0.25) is 0 Å². The number of carbonyl (C=O) groups excluding carboxylic acids is 1. The third-order valence-corrected chi connectivity index (χ3v) is 2.85. The number of terminal acetylenes is 1. The SMILES string of the molecule is C#CC=C1COC(=O)C(Cc2ccccc2)C1. The third-order valence-electron chi connectivity index (χ3n) is 2.85. The molecule has 0 bridgehead atoms. The molecule has 0 aliphatic carbocycles. The maximum Gasteiger partial charge on any atom is 0.309 e. The van der Waals surface area contributed by atoms with Crippen LogP contribution in [0.25, 0.3) is 0 Å². The standard InChI is InChI=1S/C15H14O2/c1-2-6-13-10-14(15(16)17-11-13)9-12-7-4-3-5-8-12/h1,3-8,14H,9-11H2. The minimum absolute atomic E-state index is 0.106. The highest BCUT2D eigenvalue weighted by Gasteiger charge is 2.26. The number of esters is 1. The Kier molecular flexibility index (Phi) is 3.62. The molecule has 0 aromatic heterocycles. The van der Waals surface area contributed by atoms with Crippen molar-refractivity contribution in [1.82, 2.24) is 0 Å². The monoisotopic (exact) mass is 226 g/mol. The number of allylic oxidation sites excluding steroid dienone is 1. The molecule has 1 aromatic rings. The number of hydrogen-bond acceptors (Lipinski definition) is 2. The molecule has 2 rings (SSSR count). The van der Waals surface area contributed by atoms with Crippen molar-refractivity contribution in [3.8, 4) is 12.3 Å². The van der Waals surface area contributed by atoms with Crippen LogP contribution in [-0.2, 0) is 16.0 Å². The zero-order chi connectivity index (χ0) is 12.1. The number of carbonyl (C=O) groups is 1. The van der Waals surface area contributed by atoms with Crippen LogP contribution < -0.4 is 0 Å². The summed E-state index contributed by atoms with van der Waals surface area (Å²) in [6.45, 7) is 0.342. The average molecular weight is 226 g/mol. The zero-order valence-electron chi connectivity index (χ0n) is 9.56. The molecule has 0 spiro atoms. The minimum Gasteiger partial charge on any atom is -0.461 e. The summed E-state index contributed by atoms with van der Waals surface area (Å²) in [6.07, 6.45) is 8.34. The van der Waals surface area contributed by atoms with Crippen molar-refractivity contribution < 1.29 is 9.53 Å². The first-order chi connectivity index (χ1) is 8.29. The Balaban J connectivity index is 2.07. The Labute approximate surface area is 101 Å². The van der Waals surface area contributed by atoms with Crippen molar-refractivity contribution in [3.05, 3.63) is 47.5 Å². The second kappa shape index (κ2) is 5.36. The molecule has 86 valence electrons. The Bertz CT molecular complexity index is 465. The summed E-state index contributed by atoms with van der Waals surface area (Å²) in [6, 6.07) is 9.95.